The summed E-state index contributed by atoms with van der Waals surface area (Å²) < 4.78 is 5.59. The Morgan fingerprint density at radius 3 is 2.52 bits per heavy atom. The molecule has 158 valence electrons. The minimum atomic E-state index is -0.624. The molecule has 0 N–H and O–H groups in total. The van der Waals surface area contributed by atoms with Crippen molar-refractivity contribution in [2.45, 2.75) is 64.6 Å². The van der Waals surface area contributed by atoms with Gasteiger partial charge < -0.3 is 9.64 Å². The summed E-state index contributed by atoms with van der Waals surface area (Å²) in [5.74, 6) is -0.0355. The number of ketones is 1. The van der Waals surface area contributed by atoms with E-state index in [4.69, 9.17) is 4.74 Å². The Balaban J connectivity index is 1.74. The molecule has 6 nitrogen and oxygen atoms in total. The van der Waals surface area contributed by atoms with Crippen molar-refractivity contribution in [1.82, 2.24) is 9.80 Å². The van der Waals surface area contributed by atoms with Crippen molar-refractivity contribution in [3.05, 3.63) is 35.9 Å². The van der Waals surface area contributed by atoms with Crippen LogP contribution in [-0.4, -0.2) is 58.7 Å². The standard InChI is InChI=1S/C23H32N2O4/c1-17(2)14-20(21(27)29-16-19-8-5-4-6-9-19)25-13-11-23(22(25)28)10-7-12-24(23)15-18(3)26/h4-6,8-9,17,20H,7,10-16H2,1-3H3/t20-,23-/m1/s1. The van der Waals surface area contributed by atoms with Crippen LogP contribution < -0.4 is 0 Å². The van der Waals surface area contributed by atoms with E-state index in [2.05, 4.69) is 0 Å². The third-order valence-electron chi connectivity index (χ3n) is 6.03. The van der Waals surface area contributed by atoms with E-state index in [1.165, 1.54) is 0 Å². The Morgan fingerprint density at radius 1 is 1.14 bits per heavy atom. The molecule has 0 aromatic heterocycles. The monoisotopic (exact) mass is 400 g/mol. The number of rotatable bonds is 8. The zero-order chi connectivity index (χ0) is 21.0. The molecule has 29 heavy (non-hydrogen) atoms. The van der Waals surface area contributed by atoms with Gasteiger partial charge in [-0.3, -0.25) is 14.5 Å². The van der Waals surface area contributed by atoms with Gasteiger partial charge in [-0.05, 0) is 50.6 Å². The molecule has 1 aromatic carbocycles. The van der Waals surface area contributed by atoms with Crippen molar-refractivity contribution >= 4 is 17.7 Å². The van der Waals surface area contributed by atoms with E-state index in [-0.39, 0.29) is 30.2 Å². The molecule has 0 saturated carbocycles. The Labute approximate surface area is 173 Å². The van der Waals surface area contributed by atoms with Gasteiger partial charge in [0.05, 0.1) is 6.54 Å². The number of nitrogens with zero attached hydrogens (tertiary/aromatic N) is 2. The number of hydrogen-bond acceptors (Lipinski definition) is 5. The zero-order valence-corrected chi connectivity index (χ0v) is 17.7. The topological polar surface area (TPSA) is 66.9 Å². The van der Waals surface area contributed by atoms with Gasteiger partial charge >= 0.3 is 5.97 Å². The van der Waals surface area contributed by atoms with Crippen LogP contribution in [0.3, 0.4) is 0 Å². The summed E-state index contributed by atoms with van der Waals surface area (Å²) in [6.45, 7) is 7.45. The lowest BCUT2D eigenvalue weighted by molar-refractivity contribution is -0.157. The number of hydrogen-bond donors (Lipinski definition) is 0. The summed E-state index contributed by atoms with van der Waals surface area (Å²) in [5.41, 5.74) is 0.303. The Hall–Kier alpha value is -2.21. The minimum Gasteiger partial charge on any atom is -0.459 e. The Morgan fingerprint density at radius 2 is 1.86 bits per heavy atom. The van der Waals surface area contributed by atoms with Crippen molar-refractivity contribution in [2.75, 3.05) is 19.6 Å². The number of likely N-dealkylation sites (tertiary alicyclic amines) is 2. The molecule has 2 atom stereocenters. The van der Waals surface area contributed by atoms with E-state index in [9.17, 15) is 14.4 Å². The largest absolute Gasteiger partial charge is 0.459 e. The molecule has 1 spiro atoms. The average molecular weight is 401 g/mol. The van der Waals surface area contributed by atoms with Gasteiger partial charge in [-0.15, -0.1) is 0 Å². The second-order valence-electron chi connectivity index (χ2n) is 8.75. The van der Waals surface area contributed by atoms with Gasteiger partial charge in [0.15, 0.2) is 0 Å². The van der Waals surface area contributed by atoms with Crippen molar-refractivity contribution in [2.24, 2.45) is 5.92 Å². The lowest BCUT2D eigenvalue weighted by Gasteiger charge is -2.34. The summed E-state index contributed by atoms with van der Waals surface area (Å²) in [7, 11) is 0. The SMILES string of the molecule is CC(=O)CN1CCC[C@]12CCN([C@H](CC(C)C)C(=O)OCc1ccccc1)C2=O. The molecule has 2 heterocycles. The van der Waals surface area contributed by atoms with Crippen LogP contribution in [0.25, 0.3) is 0 Å². The number of ether oxygens (including phenoxy) is 1. The van der Waals surface area contributed by atoms with Gasteiger partial charge in [0.2, 0.25) is 5.91 Å². The number of Topliss-reactive ketones (excluding diaryl/α,β-unsaturated/α-hetero) is 1. The predicted molar refractivity (Wildman–Crippen MR) is 110 cm³/mol. The molecule has 2 aliphatic heterocycles. The van der Waals surface area contributed by atoms with Gasteiger partial charge in [-0.2, -0.15) is 0 Å². The Bertz CT molecular complexity index is 749. The molecule has 0 bridgehead atoms. The van der Waals surface area contributed by atoms with Gasteiger partial charge in [-0.25, -0.2) is 4.79 Å². The van der Waals surface area contributed by atoms with E-state index < -0.39 is 11.6 Å². The van der Waals surface area contributed by atoms with Crippen LogP contribution in [0, 0.1) is 5.92 Å². The molecule has 0 unspecified atom stereocenters. The lowest BCUT2D eigenvalue weighted by Crippen LogP contribution is -2.54. The maximum absolute atomic E-state index is 13.5. The summed E-state index contributed by atoms with van der Waals surface area (Å²) in [5, 5.41) is 0. The van der Waals surface area contributed by atoms with E-state index in [0.717, 1.165) is 24.9 Å². The van der Waals surface area contributed by atoms with Gasteiger partial charge in [0.1, 0.15) is 24.0 Å². The van der Waals surface area contributed by atoms with Crippen LogP contribution in [0.5, 0.6) is 0 Å². The second kappa shape index (κ2) is 9.08. The molecule has 2 aliphatic rings. The maximum atomic E-state index is 13.5. The van der Waals surface area contributed by atoms with Crippen LogP contribution in [0.15, 0.2) is 30.3 Å². The fourth-order valence-electron chi connectivity index (χ4n) is 4.66. The van der Waals surface area contributed by atoms with Crippen molar-refractivity contribution in [3.8, 4) is 0 Å². The van der Waals surface area contributed by atoms with Crippen molar-refractivity contribution in [1.29, 1.82) is 0 Å². The molecule has 6 heteroatoms. The van der Waals surface area contributed by atoms with Crippen LogP contribution in [-0.2, 0) is 25.7 Å². The third kappa shape index (κ3) is 4.69. The van der Waals surface area contributed by atoms with E-state index in [0.29, 0.717) is 25.9 Å². The first-order valence-electron chi connectivity index (χ1n) is 10.6. The summed E-state index contributed by atoms with van der Waals surface area (Å²) in [6.07, 6.45) is 2.89. The molecule has 0 aliphatic carbocycles. The quantitative estimate of drug-likeness (QED) is 0.628. The van der Waals surface area contributed by atoms with Crippen molar-refractivity contribution in [3.63, 3.8) is 0 Å². The van der Waals surface area contributed by atoms with Crippen LogP contribution in [0.1, 0.15) is 52.0 Å². The number of amides is 1. The van der Waals surface area contributed by atoms with Crippen LogP contribution >= 0.6 is 0 Å². The van der Waals surface area contributed by atoms with Crippen LogP contribution in [0.2, 0.25) is 0 Å². The molecule has 2 fully saturated rings. The highest BCUT2D eigenvalue weighted by Crippen LogP contribution is 2.40. The second-order valence-corrected chi connectivity index (χ2v) is 8.75. The van der Waals surface area contributed by atoms with Gasteiger partial charge in [0, 0.05) is 6.54 Å². The molecular weight excluding hydrogens is 368 g/mol. The molecule has 1 aromatic rings. The maximum Gasteiger partial charge on any atom is 0.329 e. The first-order valence-corrected chi connectivity index (χ1v) is 10.6. The highest BCUT2D eigenvalue weighted by Gasteiger charge is 2.55. The lowest BCUT2D eigenvalue weighted by atomic mass is 9.93. The normalized spacial score (nSPS) is 23.2. The van der Waals surface area contributed by atoms with E-state index >= 15 is 0 Å². The van der Waals surface area contributed by atoms with E-state index in [1.807, 2.05) is 49.1 Å². The molecular formula is C23H32N2O4. The number of carbonyl (C=O) groups excluding carboxylic acids is 3. The van der Waals surface area contributed by atoms with E-state index in [1.54, 1.807) is 11.8 Å². The fraction of sp³-hybridized carbons (Fsp3) is 0.609. The molecule has 2 saturated heterocycles. The molecule has 3 rings (SSSR count). The first-order chi connectivity index (χ1) is 13.8. The summed E-state index contributed by atoms with van der Waals surface area (Å²) in [4.78, 5) is 41.9. The number of carbonyl (C=O) groups is 3. The number of esters is 1. The zero-order valence-electron chi connectivity index (χ0n) is 17.7. The average Bonchev–Trinajstić information content (AvgIpc) is 3.23. The highest BCUT2D eigenvalue weighted by atomic mass is 16.5. The summed E-state index contributed by atoms with van der Waals surface area (Å²) >= 11 is 0. The number of benzene rings is 1. The van der Waals surface area contributed by atoms with Crippen molar-refractivity contribution < 1.29 is 19.1 Å². The van der Waals surface area contributed by atoms with Gasteiger partial charge in [0.25, 0.3) is 0 Å². The highest BCUT2D eigenvalue weighted by molar-refractivity contribution is 5.93. The van der Waals surface area contributed by atoms with Crippen LogP contribution in [0.4, 0.5) is 0 Å². The predicted octanol–water partition coefficient (Wildman–Crippen LogP) is 2.80. The molecule has 0 radical (unpaired) electrons. The third-order valence-corrected chi connectivity index (χ3v) is 6.03. The Kier molecular flexibility index (Phi) is 6.73. The van der Waals surface area contributed by atoms with Gasteiger partial charge in [-0.1, -0.05) is 44.2 Å². The molecule has 1 amide bonds. The fourth-order valence-corrected chi connectivity index (χ4v) is 4.66. The summed E-state index contributed by atoms with van der Waals surface area (Å²) in [6, 6.07) is 8.99. The minimum absolute atomic E-state index is 0.0152. The smallest absolute Gasteiger partial charge is 0.329 e. The first kappa shape index (κ1) is 21.5.